The summed E-state index contributed by atoms with van der Waals surface area (Å²) in [5.74, 6) is -0.196. The normalized spacial score (nSPS) is 13.4. The average molecular weight is 592 g/mol. The van der Waals surface area contributed by atoms with Crippen LogP contribution in [0.4, 0.5) is 0 Å². The summed E-state index contributed by atoms with van der Waals surface area (Å²) in [7, 11) is -4.67. The number of aliphatic hydroxyl groups excluding tert-OH is 1. The molecule has 7 nitrogen and oxygen atoms in total. The first-order valence-electron chi connectivity index (χ1n) is 17.0. The molecule has 1 amide bonds. The Balaban J connectivity index is 3.98. The molecular weight excluding hydrogens is 525 g/mol. The number of carbonyl (C=O) groups excluding carboxylic acids is 1. The Morgan fingerprint density at radius 2 is 0.975 bits per heavy atom. The fourth-order valence-electron chi connectivity index (χ4n) is 5.23. The minimum absolute atomic E-state index is 0.196. The van der Waals surface area contributed by atoms with Crippen LogP contribution in [0, 0.1) is 0 Å². The van der Waals surface area contributed by atoms with Crippen molar-refractivity contribution in [2.24, 2.45) is 0 Å². The van der Waals surface area contributed by atoms with E-state index in [0.717, 1.165) is 38.5 Å². The van der Waals surface area contributed by atoms with Crippen molar-refractivity contribution < 1.29 is 28.8 Å². The van der Waals surface area contributed by atoms with Crippen LogP contribution in [0.1, 0.15) is 181 Å². The molecule has 8 heteroatoms. The van der Waals surface area contributed by atoms with E-state index in [1.165, 1.54) is 116 Å². The number of hydrogen-bond acceptors (Lipinski definition) is 4. The molecule has 0 saturated carbocycles. The summed E-state index contributed by atoms with van der Waals surface area (Å²) in [5, 5.41) is 13.4. The van der Waals surface area contributed by atoms with E-state index in [0.29, 0.717) is 12.8 Å². The van der Waals surface area contributed by atoms with Gasteiger partial charge in [-0.05, 0) is 12.8 Å². The second kappa shape index (κ2) is 28.6. The molecule has 0 aliphatic carbocycles. The maximum absolute atomic E-state index is 12.4. The molecule has 0 fully saturated rings. The van der Waals surface area contributed by atoms with Crippen LogP contribution in [0.15, 0.2) is 0 Å². The zero-order chi connectivity index (χ0) is 29.7. The first-order valence-corrected chi connectivity index (χ1v) is 18.5. The molecule has 0 unspecified atom stereocenters. The third kappa shape index (κ3) is 29.0. The van der Waals surface area contributed by atoms with Crippen LogP contribution in [0.25, 0.3) is 0 Å². The van der Waals surface area contributed by atoms with Crippen LogP contribution in [0.2, 0.25) is 0 Å². The molecule has 0 heterocycles. The number of aliphatic hydroxyl groups is 1. The van der Waals surface area contributed by atoms with Gasteiger partial charge in [0.25, 0.3) is 0 Å². The van der Waals surface area contributed by atoms with Gasteiger partial charge in [-0.3, -0.25) is 9.32 Å². The number of unbranched alkanes of at least 4 members (excludes halogenated alkanes) is 22. The molecule has 0 radical (unpaired) electrons. The van der Waals surface area contributed by atoms with Crippen molar-refractivity contribution in [3.63, 3.8) is 0 Å². The van der Waals surface area contributed by atoms with E-state index in [4.69, 9.17) is 9.79 Å². The molecule has 0 rings (SSSR count). The third-order valence-electron chi connectivity index (χ3n) is 7.84. The van der Waals surface area contributed by atoms with E-state index >= 15 is 0 Å². The largest absolute Gasteiger partial charge is 0.469 e. The number of phosphoric ester groups is 1. The number of carbonyl (C=O) groups is 1. The van der Waals surface area contributed by atoms with Gasteiger partial charge in [-0.15, -0.1) is 0 Å². The van der Waals surface area contributed by atoms with E-state index in [9.17, 15) is 14.5 Å². The predicted octanol–water partition coefficient (Wildman–Crippen LogP) is 9.12. The molecule has 0 aliphatic heterocycles. The Hall–Kier alpha value is -0.460. The maximum Gasteiger partial charge on any atom is 0.469 e. The zero-order valence-electron chi connectivity index (χ0n) is 26.3. The quantitative estimate of drug-likeness (QED) is 0.0472. The van der Waals surface area contributed by atoms with Crippen molar-refractivity contribution in [2.75, 3.05) is 6.61 Å². The van der Waals surface area contributed by atoms with Gasteiger partial charge in [0.05, 0.1) is 18.8 Å². The van der Waals surface area contributed by atoms with E-state index < -0.39 is 26.6 Å². The molecule has 0 aromatic carbocycles. The van der Waals surface area contributed by atoms with E-state index in [1.807, 2.05) is 0 Å². The standard InChI is InChI=1S/C32H66NO6P/c1-3-5-7-9-11-13-14-15-16-17-18-20-21-23-25-27-31(34)30(29-39-40(36,37)38)33-32(35)28-26-24-22-19-12-10-8-6-4-2/h30-31,34H,3-29H2,1-2H3,(H,33,35)(H2,36,37,38)/t30-,31+/m0/s1. The van der Waals surface area contributed by atoms with Gasteiger partial charge in [-0.2, -0.15) is 0 Å². The molecule has 0 saturated heterocycles. The minimum Gasteiger partial charge on any atom is -0.391 e. The second-order valence-electron chi connectivity index (χ2n) is 11.8. The monoisotopic (exact) mass is 591 g/mol. The van der Waals surface area contributed by atoms with Crippen molar-refractivity contribution in [2.45, 2.75) is 193 Å². The SMILES string of the molecule is CCCCCCCCCCCCCCCCC[C@@H](O)[C@H](COP(=O)(O)O)NC(=O)CCCCCCCCCCC. The number of nitrogens with one attached hydrogen (secondary N) is 1. The van der Waals surface area contributed by atoms with Gasteiger partial charge in [-0.1, -0.05) is 162 Å². The Labute approximate surface area is 247 Å². The number of rotatable bonds is 31. The minimum atomic E-state index is -4.67. The molecule has 0 bridgehead atoms. The van der Waals surface area contributed by atoms with E-state index in [1.54, 1.807) is 0 Å². The fourth-order valence-corrected chi connectivity index (χ4v) is 5.58. The zero-order valence-corrected chi connectivity index (χ0v) is 27.2. The molecule has 0 aromatic heterocycles. The lowest BCUT2D eigenvalue weighted by molar-refractivity contribution is -0.123. The van der Waals surface area contributed by atoms with Crippen LogP contribution in [0.5, 0.6) is 0 Å². The topological polar surface area (TPSA) is 116 Å². The van der Waals surface area contributed by atoms with Crippen LogP contribution < -0.4 is 5.32 Å². The fraction of sp³-hybridized carbons (Fsp3) is 0.969. The van der Waals surface area contributed by atoms with Crippen molar-refractivity contribution in [3.05, 3.63) is 0 Å². The summed E-state index contributed by atoms with van der Waals surface area (Å²) in [4.78, 5) is 30.6. The highest BCUT2D eigenvalue weighted by Crippen LogP contribution is 2.36. The highest BCUT2D eigenvalue weighted by molar-refractivity contribution is 7.46. The summed E-state index contributed by atoms with van der Waals surface area (Å²) in [6.45, 7) is 4.08. The smallest absolute Gasteiger partial charge is 0.391 e. The Morgan fingerprint density at radius 3 is 1.35 bits per heavy atom. The average Bonchev–Trinajstić information content (AvgIpc) is 2.91. The van der Waals surface area contributed by atoms with Gasteiger partial charge in [0, 0.05) is 6.42 Å². The van der Waals surface area contributed by atoms with Crippen molar-refractivity contribution in [3.8, 4) is 0 Å². The Morgan fingerprint density at radius 1 is 0.625 bits per heavy atom. The highest BCUT2D eigenvalue weighted by Gasteiger charge is 2.25. The highest BCUT2D eigenvalue weighted by atomic mass is 31.2. The van der Waals surface area contributed by atoms with Gasteiger partial charge in [-0.25, -0.2) is 4.57 Å². The lowest BCUT2D eigenvalue weighted by Gasteiger charge is -2.24. The molecule has 240 valence electrons. The molecule has 2 atom stereocenters. The van der Waals surface area contributed by atoms with Gasteiger partial charge in [0.15, 0.2) is 0 Å². The van der Waals surface area contributed by atoms with Crippen molar-refractivity contribution >= 4 is 13.7 Å². The van der Waals surface area contributed by atoms with Gasteiger partial charge < -0.3 is 20.2 Å². The lowest BCUT2D eigenvalue weighted by atomic mass is 10.0. The number of phosphoric acid groups is 1. The van der Waals surface area contributed by atoms with Crippen LogP contribution in [0.3, 0.4) is 0 Å². The van der Waals surface area contributed by atoms with Crippen LogP contribution >= 0.6 is 7.82 Å². The number of hydrogen-bond donors (Lipinski definition) is 4. The first kappa shape index (κ1) is 39.5. The van der Waals surface area contributed by atoms with Crippen molar-refractivity contribution in [1.82, 2.24) is 5.32 Å². The molecule has 0 aromatic rings. The molecule has 4 N–H and O–H groups in total. The lowest BCUT2D eigenvalue weighted by Crippen LogP contribution is -2.46. The summed E-state index contributed by atoms with van der Waals surface area (Å²) < 4.78 is 15.8. The van der Waals surface area contributed by atoms with E-state index in [-0.39, 0.29) is 5.91 Å². The van der Waals surface area contributed by atoms with Gasteiger partial charge >= 0.3 is 7.82 Å². The van der Waals surface area contributed by atoms with Crippen LogP contribution in [-0.4, -0.2) is 39.6 Å². The summed E-state index contributed by atoms with van der Waals surface area (Å²) in [5.41, 5.74) is 0. The maximum atomic E-state index is 12.4. The van der Waals surface area contributed by atoms with Crippen molar-refractivity contribution in [1.29, 1.82) is 0 Å². The summed E-state index contributed by atoms with van der Waals surface area (Å²) in [6.07, 6.45) is 29.4. The van der Waals surface area contributed by atoms with Gasteiger partial charge in [0.2, 0.25) is 5.91 Å². The van der Waals surface area contributed by atoms with Crippen LogP contribution in [-0.2, 0) is 13.9 Å². The Bertz CT molecular complexity index is 600. The molecule has 0 aliphatic rings. The third-order valence-corrected chi connectivity index (χ3v) is 8.33. The van der Waals surface area contributed by atoms with E-state index in [2.05, 4.69) is 23.7 Å². The summed E-state index contributed by atoms with van der Waals surface area (Å²) >= 11 is 0. The van der Waals surface area contributed by atoms with Gasteiger partial charge in [0.1, 0.15) is 0 Å². The molecular formula is C32H66NO6P. The second-order valence-corrected chi connectivity index (χ2v) is 13.1. The first-order chi connectivity index (χ1) is 19.3. The molecule has 40 heavy (non-hydrogen) atoms. The predicted molar refractivity (Wildman–Crippen MR) is 167 cm³/mol. The summed E-state index contributed by atoms with van der Waals surface area (Å²) in [6, 6.07) is -0.815. The Kier molecular flexibility index (Phi) is 28.3. The molecule has 0 spiro atoms. The number of amides is 1.